The van der Waals surface area contributed by atoms with Gasteiger partial charge in [0.1, 0.15) is 5.75 Å². The minimum absolute atomic E-state index is 0.479. The van der Waals surface area contributed by atoms with Crippen LogP contribution in [0.4, 0.5) is 0 Å². The normalized spacial score (nSPS) is 11.5. The molecule has 1 rings (SSSR count). The number of hydrogen-bond donors (Lipinski definition) is 1. The summed E-state index contributed by atoms with van der Waals surface area (Å²) in [5, 5.41) is 17.6. The Labute approximate surface area is 100 Å². The average molecular weight is 233 g/mol. The summed E-state index contributed by atoms with van der Waals surface area (Å²) in [6.45, 7) is 2.00. The standard InChI is InChI=1S/C13H15NO3/c1-2-3-4-12(13(15)16)17-11-7-5-10(9-14)6-8-11/h5-8,12H,2-4H2,1H3,(H,15,16)/t12-/m0/s1. The van der Waals surface area contributed by atoms with Crippen LogP contribution in [-0.2, 0) is 4.79 Å². The number of hydrogen-bond acceptors (Lipinski definition) is 3. The van der Waals surface area contributed by atoms with Crippen LogP contribution in [0.5, 0.6) is 5.75 Å². The molecule has 0 aliphatic rings. The zero-order valence-corrected chi connectivity index (χ0v) is 9.72. The van der Waals surface area contributed by atoms with E-state index in [1.807, 2.05) is 13.0 Å². The highest BCUT2D eigenvalue weighted by molar-refractivity contribution is 5.72. The quantitative estimate of drug-likeness (QED) is 0.819. The number of nitriles is 1. The summed E-state index contributed by atoms with van der Waals surface area (Å²) in [6.07, 6.45) is 1.42. The summed E-state index contributed by atoms with van der Waals surface area (Å²) in [4.78, 5) is 11.0. The molecule has 0 aliphatic carbocycles. The van der Waals surface area contributed by atoms with Gasteiger partial charge in [0, 0.05) is 0 Å². The first kappa shape index (κ1) is 13.0. The maximum absolute atomic E-state index is 11.0. The van der Waals surface area contributed by atoms with E-state index in [9.17, 15) is 4.79 Å². The molecule has 0 heterocycles. The van der Waals surface area contributed by atoms with Crippen LogP contribution >= 0.6 is 0 Å². The Kier molecular flexibility index (Phi) is 5.02. The highest BCUT2D eigenvalue weighted by Crippen LogP contribution is 2.16. The smallest absolute Gasteiger partial charge is 0.344 e. The molecule has 0 saturated heterocycles. The molecule has 1 aromatic rings. The third-order valence-electron chi connectivity index (χ3n) is 2.36. The van der Waals surface area contributed by atoms with Crippen molar-refractivity contribution in [2.75, 3.05) is 0 Å². The number of nitrogens with zero attached hydrogens (tertiary/aromatic N) is 1. The summed E-state index contributed by atoms with van der Waals surface area (Å²) in [7, 11) is 0. The molecule has 0 aliphatic heterocycles. The van der Waals surface area contributed by atoms with Gasteiger partial charge >= 0.3 is 5.97 Å². The van der Waals surface area contributed by atoms with Gasteiger partial charge in [0.2, 0.25) is 0 Å². The predicted molar refractivity (Wildman–Crippen MR) is 62.7 cm³/mol. The molecule has 0 radical (unpaired) electrons. The van der Waals surface area contributed by atoms with Crippen LogP contribution in [0.3, 0.4) is 0 Å². The molecule has 90 valence electrons. The molecule has 0 unspecified atom stereocenters. The van der Waals surface area contributed by atoms with Gasteiger partial charge in [-0.25, -0.2) is 4.79 Å². The number of carboxylic acids is 1. The van der Waals surface area contributed by atoms with Gasteiger partial charge in [0.05, 0.1) is 11.6 Å². The average Bonchev–Trinajstić information content (AvgIpc) is 2.35. The van der Waals surface area contributed by atoms with Crippen molar-refractivity contribution in [3.8, 4) is 11.8 Å². The number of ether oxygens (including phenoxy) is 1. The van der Waals surface area contributed by atoms with Crippen LogP contribution in [0, 0.1) is 11.3 Å². The van der Waals surface area contributed by atoms with Crippen LogP contribution in [0.15, 0.2) is 24.3 Å². The van der Waals surface area contributed by atoms with Crippen molar-refractivity contribution in [1.82, 2.24) is 0 Å². The van der Waals surface area contributed by atoms with E-state index in [-0.39, 0.29) is 0 Å². The highest BCUT2D eigenvalue weighted by Gasteiger charge is 2.18. The molecule has 0 spiro atoms. The molecule has 1 N–H and O–H groups in total. The summed E-state index contributed by atoms with van der Waals surface area (Å²) in [6, 6.07) is 8.43. The number of carboxylic acid groups (broad SMARTS) is 1. The van der Waals surface area contributed by atoms with E-state index in [1.54, 1.807) is 24.3 Å². The van der Waals surface area contributed by atoms with Gasteiger partial charge in [-0.05, 0) is 37.1 Å². The first-order valence-electron chi connectivity index (χ1n) is 5.57. The first-order valence-corrected chi connectivity index (χ1v) is 5.57. The Bertz CT molecular complexity index is 406. The van der Waals surface area contributed by atoms with Gasteiger partial charge in [-0.1, -0.05) is 13.3 Å². The first-order chi connectivity index (χ1) is 8.17. The van der Waals surface area contributed by atoms with Crippen LogP contribution < -0.4 is 4.74 Å². The van der Waals surface area contributed by atoms with Gasteiger partial charge in [0.25, 0.3) is 0 Å². The number of carbonyl (C=O) groups is 1. The van der Waals surface area contributed by atoms with E-state index in [0.29, 0.717) is 17.7 Å². The summed E-state index contributed by atoms with van der Waals surface area (Å²) in [5.74, 6) is -0.477. The van der Waals surface area contributed by atoms with E-state index in [1.165, 1.54) is 0 Å². The van der Waals surface area contributed by atoms with Crippen molar-refractivity contribution in [2.45, 2.75) is 32.3 Å². The van der Waals surface area contributed by atoms with Gasteiger partial charge in [-0.15, -0.1) is 0 Å². The second kappa shape index (κ2) is 6.54. The number of benzene rings is 1. The predicted octanol–water partition coefficient (Wildman–Crippen LogP) is 2.58. The number of rotatable bonds is 6. The summed E-state index contributed by atoms with van der Waals surface area (Å²) in [5.41, 5.74) is 0.526. The molecular formula is C13H15NO3. The molecule has 4 heteroatoms. The van der Waals surface area contributed by atoms with E-state index in [0.717, 1.165) is 12.8 Å². The maximum atomic E-state index is 11.0. The van der Waals surface area contributed by atoms with Crippen molar-refractivity contribution in [2.24, 2.45) is 0 Å². The second-order valence-corrected chi connectivity index (χ2v) is 3.72. The Morgan fingerprint density at radius 1 is 1.47 bits per heavy atom. The molecule has 4 nitrogen and oxygen atoms in total. The van der Waals surface area contributed by atoms with Crippen LogP contribution in [-0.4, -0.2) is 17.2 Å². The van der Waals surface area contributed by atoms with Gasteiger partial charge in [0.15, 0.2) is 6.10 Å². The third-order valence-corrected chi connectivity index (χ3v) is 2.36. The van der Waals surface area contributed by atoms with Gasteiger partial charge in [-0.2, -0.15) is 5.26 Å². The largest absolute Gasteiger partial charge is 0.479 e. The minimum atomic E-state index is -0.956. The third kappa shape index (κ3) is 4.15. The SMILES string of the molecule is CCCC[C@H](Oc1ccc(C#N)cc1)C(=O)O. The second-order valence-electron chi connectivity index (χ2n) is 3.72. The summed E-state index contributed by atoms with van der Waals surface area (Å²) >= 11 is 0. The fraction of sp³-hybridized carbons (Fsp3) is 0.385. The Balaban J connectivity index is 2.65. The lowest BCUT2D eigenvalue weighted by Gasteiger charge is -2.14. The fourth-order valence-electron chi connectivity index (χ4n) is 1.39. The lowest BCUT2D eigenvalue weighted by Crippen LogP contribution is -2.26. The molecule has 0 fully saturated rings. The van der Waals surface area contributed by atoms with Gasteiger partial charge in [-0.3, -0.25) is 0 Å². The Morgan fingerprint density at radius 2 is 2.12 bits per heavy atom. The molecule has 1 atom stereocenters. The van der Waals surface area contributed by atoms with Crippen LogP contribution in [0.25, 0.3) is 0 Å². The molecule has 0 saturated carbocycles. The molecule has 1 aromatic carbocycles. The maximum Gasteiger partial charge on any atom is 0.344 e. The van der Waals surface area contributed by atoms with E-state index in [4.69, 9.17) is 15.1 Å². The fourth-order valence-corrected chi connectivity index (χ4v) is 1.39. The molecule has 0 amide bonds. The zero-order chi connectivity index (χ0) is 12.7. The van der Waals surface area contributed by atoms with Gasteiger partial charge < -0.3 is 9.84 Å². The molecular weight excluding hydrogens is 218 g/mol. The van der Waals surface area contributed by atoms with E-state index in [2.05, 4.69) is 0 Å². The van der Waals surface area contributed by atoms with Crippen LogP contribution in [0.2, 0.25) is 0 Å². The molecule has 0 bridgehead atoms. The van der Waals surface area contributed by atoms with Crippen molar-refractivity contribution < 1.29 is 14.6 Å². The summed E-state index contributed by atoms with van der Waals surface area (Å²) < 4.78 is 5.37. The van der Waals surface area contributed by atoms with Crippen LogP contribution in [0.1, 0.15) is 31.7 Å². The Hall–Kier alpha value is -2.02. The minimum Gasteiger partial charge on any atom is -0.479 e. The van der Waals surface area contributed by atoms with Crippen molar-refractivity contribution in [3.05, 3.63) is 29.8 Å². The topological polar surface area (TPSA) is 70.3 Å². The Morgan fingerprint density at radius 3 is 2.59 bits per heavy atom. The van der Waals surface area contributed by atoms with E-state index >= 15 is 0 Å². The number of aliphatic carboxylic acids is 1. The van der Waals surface area contributed by atoms with Crippen molar-refractivity contribution in [3.63, 3.8) is 0 Å². The lowest BCUT2D eigenvalue weighted by atomic mass is 10.1. The molecule has 0 aromatic heterocycles. The monoisotopic (exact) mass is 233 g/mol. The molecule has 17 heavy (non-hydrogen) atoms. The lowest BCUT2D eigenvalue weighted by molar-refractivity contribution is -0.145. The zero-order valence-electron chi connectivity index (χ0n) is 9.72. The van der Waals surface area contributed by atoms with Crippen molar-refractivity contribution >= 4 is 5.97 Å². The van der Waals surface area contributed by atoms with E-state index < -0.39 is 12.1 Å². The highest BCUT2D eigenvalue weighted by atomic mass is 16.5. The number of unbranched alkanes of at least 4 members (excludes halogenated alkanes) is 1. The van der Waals surface area contributed by atoms with Crippen molar-refractivity contribution in [1.29, 1.82) is 5.26 Å².